The number of ether oxygens (including phenoxy) is 3. The summed E-state index contributed by atoms with van der Waals surface area (Å²) in [6.07, 6.45) is 1.49. The van der Waals surface area contributed by atoms with E-state index in [0.717, 1.165) is 30.6 Å². The topological polar surface area (TPSA) is 47.9 Å². The molecule has 1 fully saturated rings. The fourth-order valence-corrected chi connectivity index (χ4v) is 2.58. The van der Waals surface area contributed by atoms with E-state index in [1.54, 1.807) is 14.2 Å². The Labute approximate surface area is 114 Å². The van der Waals surface area contributed by atoms with Crippen LogP contribution in [0, 0.1) is 12.8 Å². The first-order valence-corrected chi connectivity index (χ1v) is 6.65. The molecule has 0 amide bonds. The van der Waals surface area contributed by atoms with Gasteiger partial charge in [-0.1, -0.05) is 0 Å². The van der Waals surface area contributed by atoms with Crippen molar-refractivity contribution in [3.63, 3.8) is 0 Å². The average molecular weight is 266 g/mol. The highest BCUT2D eigenvalue weighted by atomic mass is 16.5. The molecule has 2 atom stereocenters. The average Bonchev–Trinajstić information content (AvgIpc) is 2.47. The normalized spacial score (nSPS) is 20.9. The number of benzene rings is 1. The molecule has 0 spiro atoms. The maximum atomic E-state index is 10.5. The summed E-state index contributed by atoms with van der Waals surface area (Å²) < 4.78 is 16.0. The highest BCUT2D eigenvalue weighted by molar-refractivity contribution is 5.47. The Balaban J connectivity index is 2.27. The molecule has 1 saturated heterocycles. The van der Waals surface area contributed by atoms with E-state index >= 15 is 0 Å². The van der Waals surface area contributed by atoms with E-state index in [1.807, 2.05) is 19.1 Å². The summed E-state index contributed by atoms with van der Waals surface area (Å²) >= 11 is 0. The van der Waals surface area contributed by atoms with Crippen LogP contribution in [0.1, 0.15) is 30.1 Å². The molecule has 1 N–H and O–H groups in total. The first-order valence-electron chi connectivity index (χ1n) is 6.65. The predicted octanol–water partition coefficient (Wildman–Crippen LogP) is 2.47. The fraction of sp³-hybridized carbons (Fsp3) is 0.600. The van der Waals surface area contributed by atoms with Crippen LogP contribution in [0.25, 0.3) is 0 Å². The van der Waals surface area contributed by atoms with Crippen LogP contribution in [0.15, 0.2) is 12.1 Å². The fourth-order valence-electron chi connectivity index (χ4n) is 2.58. The van der Waals surface area contributed by atoms with Gasteiger partial charge < -0.3 is 19.3 Å². The van der Waals surface area contributed by atoms with Gasteiger partial charge in [0.2, 0.25) is 0 Å². The molecule has 2 unspecified atom stereocenters. The molecule has 0 aliphatic carbocycles. The van der Waals surface area contributed by atoms with Crippen molar-refractivity contribution in [3.05, 3.63) is 23.3 Å². The SMILES string of the molecule is COc1cc(C)c(C(O)C2CCCOC2)cc1OC. The van der Waals surface area contributed by atoms with Gasteiger partial charge in [-0.05, 0) is 43.0 Å². The summed E-state index contributed by atoms with van der Waals surface area (Å²) in [6.45, 7) is 3.40. The summed E-state index contributed by atoms with van der Waals surface area (Å²) in [6, 6.07) is 3.77. The van der Waals surface area contributed by atoms with E-state index in [2.05, 4.69) is 0 Å². The van der Waals surface area contributed by atoms with Gasteiger partial charge in [-0.15, -0.1) is 0 Å². The van der Waals surface area contributed by atoms with Crippen LogP contribution in [-0.2, 0) is 4.74 Å². The van der Waals surface area contributed by atoms with Crippen molar-refractivity contribution >= 4 is 0 Å². The summed E-state index contributed by atoms with van der Waals surface area (Å²) in [5, 5.41) is 10.5. The second-order valence-corrected chi connectivity index (χ2v) is 4.99. The molecule has 0 radical (unpaired) electrons. The lowest BCUT2D eigenvalue weighted by Gasteiger charge is -2.28. The Kier molecular flexibility index (Phi) is 4.66. The summed E-state index contributed by atoms with van der Waals surface area (Å²) in [7, 11) is 3.22. The smallest absolute Gasteiger partial charge is 0.161 e. The maximum Gasteiger partial charge on any atom is 0.161 e. The number of hydrogen-bond donors (Lipinski definition) is 1. The van der Waals surface area contributed by atoms with E-state index in [9.17, 15) is 5.11 Å². The second-order valence-electron chi connectivity index (χ2n) is 4.99. The van der Waals surface area contributed by atoms with Crippen molar-refractivity contribution < 1.29 is 19.3 Å². The van der Waals surface area contributed by atoms with E-state index in [1.165, 1.54) is 0 Å². The van der Waals surface area contributed by atoms with Gasteiger partial charge in [0, 0.05) is 12.5 Å². The van der Waals surface area contributed by atoms with Crippen molar-refractivity contribution in [2.24, 2.45) is 5.92 Å². The number of aliphatic hydroxyl groups is 1. The van der Waals surface area contributed by atoms with Crippen molar-refractivity contribution in [1.29, 1.82) is 0 Å². The highest BCUT2D eigenvalue weighted by Gasteiger charge is 2.26. The molecular weight excluding hydrogens is 244 g/mol. The van der Waals surface area contributed by atoms with Crippen molar-refractivity contribution in [2.45, 2.75) is 25.9 Å². The third kappa shape index (κ3) is 3.01. The lowest BCUT2D eigenvalue weighted by molar-refractivity contribution is -0.0103. The van der Waals surface area contributed by atoms with Crippen LogP contribution in [0.5, 0.6) is 11.5 Å². The van der Waals surface area contributed by atoms with Crippen LogP contribution in [0.2, 0.25) is 0 Å². The van der Waals surface area contributed by atoms with Gasteiger partial charge in [0.05, 0.1) is 26.9 Å². The van der Waals surface area contributed by atoms with Crippen LogP contribution in [-0.4, -0.2) is 32.5 Å². The molecule has 4 nitrogen and oxygen atoms in total. The van der Waals surface area contributed by atoms with Crippen LogP contribution >= 0.6 is 0 Å². The molecule has 1 heterocycles. The van der Waals surface area contributed by atoms with E-state index < -0.39 is 6.10 Å². The molecule has 4 heteroatoms. The molecule has 106 valence electrons. The highest BCUT2D eigenvalue weighted by Crippen LogP contribution is 2.36. The molecule has 1 aliphatic heterocycles. The first kappa shape index (κ1) is 14.2. The maximum absolute atomic E-state index is 10.5. The Morgan fingerprint density at radius 1 is 1.26 bits per heavy atom. The van der Waals surface area contributed by atoms with Gasteiger partial charge in [0.15, 0.2) is 11.5 Å². The zero-order valence-electron chi connectivity index (χ0n) is 11.8. The molecule has 0 bridgehead atoms. The zero-order chi connectivity index (χ0) is 13.8. The number of methoxy groups -OCH3 is 2. The van der Waals surface area contributed by atoms with Gasteiger partial charge in [-0.2, -0.15) is 0 Å². The van der Waals surface area contributed by atoms with Gasteiger partial charge in [-0.25, -0.2) is 0 Å². The monoisotopic (exact) mass is 266 g/mol. The molecule has 19 heavy (non-hydrogen) atoms. The van der Waals surface area contributed by atoms with Gasteiger partial charge >= 0.3 is 0 Å². The summed E-state index contributed by atoms with van der Waals surface area (Å²) in [4.78, 5) is 0. The van der Waals surface area contributed by atoms with Crippen molar-refractivity contribution in [3.8, 4) is 11.5 Å². The van der Waals surface area contributed by atoms with Gasteiger partial charge in [0.25, 0.3) is 0 Å². The first-order chi connectivity index (χ1) is 9.17. The second kappa shape index (κ2) is 6.26. The number of aryl methyl sites for hydroxylation is 1. The van der Waals surface area contributed by atoms with E-state index in [-0.39, 0.29) is 5.92 Å². The number of hydrogen-bond acceptors (Lipinski definition) is 4. The number of aliphatic hydroxyl groups excluding tert-OH is 1. The summed E-state index contributed by atoms with van der Waals surface area (Å²) in [5.74, 6) is 1.50. The minimum absolute atomic E-state index is 0.158. The predicted molar refractivity (Wildman–Crippen MR) is 72.8 cm³/mol. The lowest BCUT2D eigenvalue weighted by atomic mass is 9.89. The summed E-state index contributed by atoms with van der Waals surface area (Å²) in [5.41, 5.74) is 1.91. The van der Waals surface area contributed by atoms with Crippen molar-refractivity contribution in [1.82, 2.24) is 0 Å². The molecule has 1 aromatic carbocycles. The minimum atomic E-state index is -0.514. The minimum Gasteiger partial charge on any atom is -0.493 e. The molecule has 0 saturated carbocycles. The van der Waals surface area contributed by atoms with Gasteiger partial charge in [0.1, 0.15) is 0 Å². The third-order valence-corrected chi connectivity index (χ3v) is 3.73. The number of rotatable bonds is 4. The Morgan fingerprint density at radius 2 is 1.95 bits per heavy atom. The molecule has 2 rings (SSSR count). The van der Waals surface area contributed by atoms with Crippen molar-refractivity contribution in [2.75, 3.05) is 27.4 Å². The molecule has 0 aromatic heterocycles. The van der Waals surface area contributed by atoms with Gasteiger partial charge in [-0.3, -0.25) is 0 Å². The molecular formula is C15H22O4. The van der Waals surface area contributed by atoms with Crippen LogP contribution < -0.4 is 9.47 Å². The van der Waals surface area contributed by atoms with Crippen LogP contribution in [0.3, 0.4) is 0 Å². The third-order valence-electron chi connectivity index (χ3n) is 3.73. The molecule has 1 aromatic rings. The largest absolute Gasteiger partial charge is 0.493 e. The Hall–Kier alpha value is -1.26. The Morgan fingerprint density at radius 3 is 2.53 bits per heavy atom. The standard InChI is InChI=1S/C15H22O4/c1-10-7-13(17-2)14(18-3)8-12(10)15(16)11-5-4-6-19-9-11/h7-8,11,15-16H,4-6,9H2,1-3H3. The zero-order valence-corrected chi connectivity index (χ0v) is 11.8. The van der Waals surface area contributed by atoms with E-state index in [0.29, 0.717) is 18.1 Å². The van der Waals surface area contributed by atoms with Crippen LogP contribution in [0.4, 0.5) is 0 Å². The van der Waals surface area contributed by atoms with E-state index in [4.69, 9.17) is 14.2 Å². The Bertz CT molecular complexity index is 424. The quantitative estimate of drug-likeness (QED) is 0.909. The molecule has 1 aliphatic rings. The lowest BCUT2D eigenvalue weighted by Crippen LogP contribution is -2.24.